The van der Waals surface area contributed by atoms with Crippen LogP contribution in [0.2, 0.25) is 0 Å². The Morgan fingerprint density at radius 2 is 2.00 bits per heavy atom. The Morgan fingerprint density at radius 3 is 2.59 bits per heavy atom. The van der Waals surface area contributed by atoms with Crippen molar-refractivity contribution in [2.75, 3.05) is 17.6 Å². The molecule has 2 amide bonds. The minimum atomic E-state index is -0.601. The molecule has 0 aliphatic rings. The van der Waals surface area contributed by atoms with Gasteiger partial charge in [0.15, 0.2) is 5.82 Å². The number of nitrogen functional groups attached to an aromatic ring is 1. The van der Waals surface area contributed by atoms with E-state index in [4.69, 9.17) is 17.2 Å². The van der Waals surface area contributed by atoms with E-state index in [0.717, 1.165) is 18.0 Å². The third-order valence-corrected chi connectivity index (χ3v) is 2.92. The number of nitrogens with zero attached hydrogens (tertiary/aromatic N) is 1. The summed E-state index contributed by atoms with van der Waals surface area (Å²) in [7, 11) is 0. The molecule has 0 aliphatic carbocycles. The second kappa shape index (κ2) is 6.04. The van der Waals surface area contributed by atoms with Gasteiger partial charge >= 0.3 is 0 Å². The van der Waals surface area contributed by atoms with E-state index in [2.05, 4.69) is 9.69 Å². The van der Waals surface area contributed by atoms with Gasteiger partial charge in [-0.15, -0.1) is 0 Å². The first-order valence-corrected chi connectivity index (χ1v) is 5.87. The normalized spacial score (nSPS) is 10.1. The molecule has 0 unspecified atom stereocenters. The van der Waals surface area contributed by atoms with Crippen LogP contribution >= 0.6 is 11.5 Å². The van der Waals surface area contributed by atoms with Gasteiger partial charge in [0.25, 0.3) is 5.91 Å². The highest BCUT2D eigenvalue weighted by atomic mass is 32.1. The molecule has 8 heteroatoms. The van der Waals surface area contributed by atoms with Crippen LogP contribution in [0, 0.1) is 0 Å². The summed E-state index contributed by atoms with van der Waals surface area (Å²) in [4.78, 5) is 21.6. The summed E-state index contributed by atoms with van der Waals surface area (Å²) in [6, 6.07) is 0. The topological polar surface area (TPSA) is 137 Å². The van der Waals surface area contributed by atoms with E-state index < -0.39 is 5.91 Å². The molecule has 1 heterocycles. The number of anilines is 2. The lowest BCUT2D eigenvalue weighted by Crippen LogP contribution is -2.15. The third kappa shape index (κ3) is 3.91. The minimum absolute atomic E-state index is 0.141. The molecule has 7 nitrogen and oxygen atoms in total. The fraction of sp³-hybridized carbons (Fsp3) is 0.444. The molecule has 0 spiro atoms. The minimum Gasteiger partial charge on any atom is -0.382 e. The Morgan fingerprint density at radius 1 is 1.29 bits per heavy atom. The van der Waals surface area contributed by atoms with E-state index in [1.807, 2.05) is 0 Å². The fourth-order valence-corrected chi connectivity index (χ4v) is 2.03. The Balaban J connectivity index is 2.42. The number of hydrogen-bond acceptors (Lipinski definition) is 6. The second-order valence-corrected chi connectivity index (χ2v) is 4.26. The predicted molar refractivity (Wildman–Crippen MR) is 66.6 cm³/mol. The molecule has 0 aliphatic heterocycles. The maximum Gasteiger partial charge on any atom is 0.255 e. The van der Waals surface area contributed by atoms with Crippen LogP contribution in [0.1, 0.15) is 29.6 Å². The lowest BCUT2D eigenvalue weighted by Gasteiger charge is -2.04. The first kappa shape index (κ1) is 13.2. The van der Waals surface area contributed by atoms with Crippen LogP contribution in [0.4, 0.5) is 10.8 Å². The molecular formula is C9H15N5O2S. The van der Waals surface area contributed by atoms with E-state index in [0.29, 0.717) is 24.4 Å². The molecule has 17 heavy (non-hydrogen) atoms. The second-order valence-electron chi connectivity index (χ2n) is 3.49. The third-order valence-electron chi connectivity index (χ3n) is 2.10. The summed E-state index contributed by atoms with van der Waals surface area (Å²) in [6.45, 7) is 0.606. The molecule has 1 aromatic heterocycles. The van der Waals surface area contributed by atoms with Crippen molar-refractivity contribution in [1.29, 1.82) is 0 Å². The number of carbonyl (C=O) groups is 2. The van der Waals surface area contributed by atoms with Crippen LogP contribution in [0.5, 0.6) is 0 Å². The maximum atomic E-state index is 11.1. The number of nitrogens with two attached hydrogens (primary N) is 3. The van der Waals surface area contributed by atoms with Crippen molar-refractivity contribution in [1.82, 2.24) is 4.37 Å². The van der Waals surface area contributed by atoms with Gasteiger partial charge in [-0.05, 0) is 24.4 Å². The number of carbonyl (C=O) groups excluding carboxylic acids is 2. The van der Waals surface area contributed by atoms with Gasteiger partial charge < -0.3 is 22.5 Å². The van der Waals surface area contributed by atoms with Crippen LogP contribution < -0.4 is 22.5 Å². The van der Waals surface area contributed by atoms with Crippen LogP contribution in [0.25, 0.3) is 0 Å². The summed E-state index contributed by atoms with van der Waals surface area (Å²) in [5.41, 5.74) is 15.9. The fourth-order valence-electron chi connectivity index (χ4n) is 1.29. The number of primary amides is 2. The summed E-state index contributed by atoms with van der Waals surface area (Å²) >= 11 is 1.09. The standard InChI is InChI=1S/C9H15N5O2S/c10-5(15)3-1-2-4-13-9-6(8(12)16)7(11)14-17-9/h13H,1-4H2,(H2,10,15)(H2,11,14)(H2,12,16). The van der Waals surface area contributed by atoms with E-state index in [1.54, 1.807) is 0 Å². The highest BCUT2D eigenvalue weighted by Crippen LogP contribution is 2.25. The van der Waals surface area contributed by atoms with Crippen molar-refractivity contribution in [3.8, 4) is 0 Å². The molecule has 7 N–H and O–H groups in total. The first-order chi connectivity index (χ1) is 8.02. The zero-order chi connectivity index (χ0) is 12.8. The highest BCUT2D eigenvalue weighted by Gasteiger charge is 2.15. The summed E-state index contributed by atoms with van der Waals surface area (Å²) < 4.78 is 3.85. The molecule has 0 atom stereocenters. The molecular weight excluding hydrogens is 242 g/mol. The molecule has 1 rings (SSSR count). The van der Waals surface area contributed by atoms with Crippen molar-refractivity contribution in [3.05, 3.63) is 5.56 Å². The summed E-state index contributed by atoms with van der Waals surface area (Å²) in [5.74, 6) is -0.775. The number of rotatable bonds is 7. The SMILES string of the molecule is NC(=O)CCCCNc1snc(N)c1C(N)=O. The molecule has 0 saturated carbocycles. The Labute approximate surface area is 103 Å². The zero-order valence-electron chi connectivity index (χ0n) is 9.23. The molecule has 0 radical (unpaired) electrons. The molecule has 0 saturated heterocycles. The number of amides is 2. The van der Waals surface area contributed by atoms with Gasteiger partial charge in [0.2, 0.25) is 5.91 Å². The van der Waals surface area contributed by atoms with Crippen molar-refractivity contribution in [3.63, 3.8) is 0 Å². The molecule has 0 fully saturated rings. The smallest absolute Gasteiger partial charge is 0.255 e. The van der Waals surface area contributed by atoms with Gasteiger partial charge in [-0.2, -0.15) is 4.37 Å². The number of unbranched alkanes of at least 4 members (excludes halogenated alkanes) is 1. The van der Waals surface area contributed by atoms with E-state index in [-0.39, 0.29) is 17.3 Å². The van der Waals surface area contributed by atoms with Gasteiger partial charge in [0.05, 0.1) is 0 Å². The zero-order valence-corrected chi connectivity index (χ0v) is 10.0. The van der Waals surface area contributed by atoms with Gasteiger partial charge in [0, 0.05) is 13.0 Å². The molecule has 94 valence electrons. The highest BCUT2D eigenvalue weighted by molar-refractivity contribution is 7.11. The monoisotopic (exact) mass is 257 g/mol. The average Bonchev–Trinajstić information content (AvgIpc) is 2.59. The Hall–Kier alpha value is -1.83. The number of aromatic nitrogens is 1. The van der Waals surface area contributed by atoms with Crippen molar-refractivity contribution in [2.24, 2.45) is 11.5 Å². The summed E-state index contributed by atoms with van der Waals surface area (Å²) in [6.07, 6.45) is 1.82. The first-order valence-electron chi connectivity index (χ1n) is 5.09. The molecule has 0 aromatic carbocycles. The number of nitrogens with one attached hydrogen (secondary N) is 1. The van der Waals surface area contributed by atoms with E-state index in [1.165, 1.54) is 0 Å². The molecule has 0 bridgehead atoms. The van der Waals surface area contributed by atoms with Crippen LogP contribution in [0.3, 0.4) is 0 Å². The van der Waals surface area contributed by atoms with Crippen molar-refractivity contribution < 1.29 is 9.59 Å². The summed E-state index contributed by atoms with van der Waals surface area (Å²) in [5, 5.41) is 3.58. The largest absolute Gasteiger partial charge is 0.382 e. The predicted octanol–water partition coefficient (Wildman–Crippen LogP) is -0.108. The Kier molecular flexibility index (Phi) is 4.70. The Bertz CT molecular complexity index is 418. The average molecular weight is 257 g/mol. The maximum absolute atomic E-state index is 11.1. The van der Waals surface area contributed by atoms with Crippen LogP contribution in [0.15, 0.2) is 0 Å². The van der Waals surface area contributed by atoms with E-state index in [9.17, 15) is 9.59 Å². The van der Waals surface area contributed by atoms with Crippen molar-refractivity contribution in [2.45, 2.75) is 19.3 Å². The van der Waals surface area contributed by atoms with E-state index >= 15 is 0 Å². The van der Waals surface area contributed by atoms with Gasteiger partial charge in [-0.25, -0.2) is 0 Å². The quantitative estimate of drug-likeness (QED) is 0.505. The van der Waals surface area contributed by atoms with Gasteiger partial charge in [-0.3, -0.25) is 9.59 Å². The van der Waals surface area contributed by atoms with Crippen LogP contribution in [-0.4, -0.2) is 22.7 Å². The molecule has 1 aromatic rings. The lowest BCUT2D eigenvalue weighted by molar-refractivity contribution is -0.118. The van der Waals surface area contributed by atoms with Crippen molar-refractivity contribution >= 4 is 34.2 Å². The number of hydrogen-bond donors (Lipinski definition) is 4. The lowest BCUT2D eigenvalue weighted by atomic mass is 10.2. The van der Waals surface area contributed by atoms with Gasteiger partial charge in [-0.1, -0.05) is 0 Å². The van der Waals surface area contributed by atoms with Crippen LogP contribution in [-0.2, 0) is 4.79 Å². The van der Waals surface area contributed by atoms with Gasteiger partial charge in [0.1, 0.15) is 10.6 Å².